The van der Waals surface area contributed by atoms with Gasteiger partial charge in [0.15, 0.2) is 0 Å². The number of carbonyl (C=O) groups is 2. The summed E-state index contributed by atoms with van der Waals surface area (Å²) in [6, 6.07) is 20.8. The minimum Gasteiger partial charge on any atom is -0.496 e. The molecular weight excluding hydrogens is 407 g/mol. The Kier molecular flexibility index (Phi) is 4.98. The lowest BCUT2D eigenvalue weighted by atomic mass is 9.97. The molecule has 0 atom stereocenters. The molecule has 2 heterocycles. The molecule has 5 rings (SSSR count). The zero-order valence-corrected chi connectivity index (χ0v) is 17.5. The number of rotatable bonds is 4. The van der Waals surface area contributed by atoms with Gasteiger partial charge in [-0.1, -0.05) is 48.5 Å². The molecule has 0 N–H and O–H groups in total. The summed E-state index contributed by atoms with van der Waals surface area (Å²) in [5.41, 5.74) is 3.70. The molecule has 0 unspecified atom stereocenters. The maximum Gasteiger partial charge on any atom is 0.282 e. The first-order valence-corrected chi connectivity index (χ1v) is 10.4. The van der Waals surface area contributed by atoms with E-state index in [1.807, 2.05) is 29.2 Å². The summed E-state index contributed by atoms with van der Waals surface area (Å²) in [4.78, 5) is 30.3. The predicted octanol–water partition coefficient (Wildman–Crippen LogP) is 4.18. The van der Waals surface area contributed by atoms with E-state index in [1.54, 1.807) is 24.3 Å². The van der Waals surface area contributed by atoms with E-state index >= 15 is 0 Å². The highest BCUT2D eigenvalue weighted by atomic mass is 19.1. The zero-order valence-electron chi connectivity index (χ0n) is 17.5. The Bertz CT molecular complexity index is 1270. The van der Waals surface area contributed by atoms with Crippen molar-refractivity contribution in [1.29, 1.82) is 0 Å². The number of fused-ring (bicyclic) bond motifs is 1. The Hall–Kier alpha value is -3.93. The van der Waals surface area contributed by atoms with Gasteiger partial charge in [-0.25, -0.2) is 9.29 Å². The molecule has 0 fully saturated rings. The third kappa shape index (κ3) is 3.24. The van der Waals surface area contributed by atoms with E-state index in [0.29, 0.717) is 30.1 Å². The summed E-state index contributed by atoms with van der Waals surface area (Å²) in [5.74, 6) is -0.957. The maximum absolute atomic E-state index is 13.9. The lowest BCUT2D eigenvalue weighted by Crippen LogP contribution is -2.37. The normalized spacial score (nSPS) is 15.9. The van der Waals surface area contributed by atoms with Crippen molar-refractivity contribution in [3.05, 3.63) is 101 Å². The highest BCUT2D eigenvalue weighted by Gasteiger charge is 2.43. The van der Waals surface area contributed by atoms with Gasteiger partial charge in [-0.05, 0) is 41.8 Å². The molecule has 3 aromatic carbocycles. The molecule has 2 aliphatic heterocycles. The summed E-state index contributed by atoms with van der Waals surface area (Å²) in [5, 5.41) is 0. The number of benzene rings is 3. The molecule has 0 aliphatic carbocycles. The van der Waals surface area contributed by atoms with Crippen LogP contribution in [0.3, 0.4) is 0 Å². The molecule has 2 amide bonds. The van der Waals surface area contributed by atoms with Crippen LogP contribution in [0, 0.1) is 5.82 Å². The first kappa shape index (κ1) is 20.0. The van der Waals surface area contributed by atoms with Crippen LogP contribution in [0.25, 0.3) is 5.57 Å². The van der Waals surface area contributed by atoms with Crippen LogP contribution < -0.4 is 9.64 Å². The Morgan fingerprint density at radius 3 is 2.41 bits per heavy atom. The number of anilines is 1. The number of carbonyl (C=O) groups excluding carboxylic acids is 2. The second-order valence-corrected chi connectivity index (χ2v) is 7.79. The minimum atomic E-state index is -0.512. The molecule has 0 saturated heterocycles. The lowest BCUT2D eigenvalue weighted by molar-refractivity contribution is -0.120. The number of hydrogen-bond acceptors (Lipinski definition) is 4. The molecule has 6 heteroatoms. The van der Waals surface area contributed by atoms with Gasteiger partial charge in [0.05, 0.1) is 18.4 Å². The van der Waals surface area contributed by atoms with Gasteiger partial charge in [0.25, 0.3) is 11.8 Å². The fourth-order valence-corrected chi connectivity index (χ4v) is 4.44. The van der Waals surface area contributed by atoms with Crippen molar-refractivity contribution in [3.63, 3.8) is 0 Å². The molecule has 0 bridgehead atoms. The van der Waals surface area contributed by atoms with E-state index in [0.717, 1.165) is 16.9 Å². The van der Waals surface area contributed by atoms with Crippen LogP contribution in [0.1, 0.15) is 16.7 Å². The number of hydrogen-bond donors (Lipinski definition) is 0. The Morgan fingerprint density at radius 1 is 0.875 bits per heavy atom. The van der Waals surface area contributed by atoms with Crippen LogP contribution in [0.15, 0.2) is 78.5 Å². The van der Waals surface area contributed by atoms with Crippen LogP contribution >= 0.6 is 0 Å². The van der Waals surface area contributed by atoms with Crippen molar-refractivity contribution in [1.82, 2.24) is 4.90 Å². The van der Waals surface area contributed by atoms with Gasteiger partial charge in [0.1, 0.15) is 17.3 Å². The van der Waals surface area contributed by atoms with E-state index in [2.05, 4.69) is 6.07 Å². The average molecular weight is 428 g/mol. The van der Waals surface area contributed by atoms with E-state index in [9.17, 15) is 14.0 Å². The van der Waals surface area contributed by atoms with Gasteiger partial charge in [-0.2, -0.15) is 0 Å². The number of para-hydroxylation sites is 1. The summed E-state index contributed by atoms with van der Waals surface area (Å²) >= 11 is 0. The van der Waals surface area contributed by atoms with Crippen molar-refractivity contribution in [2.75, 3.05) is 18.6 Å². The van der Waals surface area contributed by atoms with E-state index < -0.39 is 17.6 Å². The van der Waals surface area contributed by atoms with Gasteiger partial charge in [0.2, 0.25) is 0 Å². The monoisotopic (exact) mass is 428 g/mol. The van der Waals surface area contributed by atoms with Gasteiger partial charge < -0.3 is 9.64 Å². The van der Waals surface area contributed by atoms with Crippen molar-refractivity contribution in [2.45, 2.75) is 13.0 Å². The molecule has 32 heavy (non-hydrogen) atoms. The summed E-state index contributed by atoms with van der Waals surface area (Å²) in [7, 11) is 1.53. The van der Waals surface area contributed by atoms with Crippen LogP contribution in [-0.4, -0.2) is 30.4 Å². The largest absolute Gasteiger partial charge is 0.496 e. The first-order valence-electron chi connectivity index (χ1n) is 10.4. The second-order valence-electron chi connectivity index (χ2n) is 7.79. The average Bonchev–Trinajstić information content (AvgIpc) is 3.08. The van der Waals surface area contributed by atoms with E-state index in [-0.39, 0.29) is 11.3 Å². The number of ether oxygens (including phenoxy) is 1. The van der Waals surface area contributed by atoms with Gasteiger partial charge in [-0.15, -0.1) is 0 Å². The van der Waals surface area contributed by atoms with Crippen LogP contribution in [-0.2, 0) is 22.6 Å². The number of imide groups is 1. The standard InChI is InChI=1S/C26H21FN2O3/c1-32-22-12-5-4-11-21(22)23-24(28-14-13-17-7-2-3-8-18(17)16-28)26(31)29(25(23)30)20-10-6-9-19(27)15-20/h2-12,15H,13-14,16H2,1H3. The van der Waals surface area contributed by atoms with Crippen molar-refractivity contribution < 1.29 is 18.7 Å². The van der Waals surface area contributed by atoms with Gasteiger partial charge >= 0.3 is 0 Å². The van der Waals surface area contributed by atoms with Gasteiger partial charge in [-0.3, -0.25) is 9.59 Å². The SMILES string of the molecule is COc1ccccc1C1=C(N2CCc3ccccc3C2)C(=O)N(c2cccc(F)c2)C1=O. The fourth-order valence-electron chi connectivity index (χ4n) is 4.44. The zero-order chi connectivity index (χ0) is 22.2. The van der Waals surface area contributed by atoms with Crippen LogP contribution in [0.4, 0.5) is 10.1 Å². The topological polar surface area (TPSA) is 49.9 Å². The predicted molar refractivity (Wildman–Crippen MR) is 119 cm³/mol. The number of nitrogens with zero attached hydrogens (tertiary/aromatic N) is 2. The Balaban J connectivity index is 1.66. The molecule has 0 saturated carbocycles. The molecule has 2 aliphatic rings. The molecular formula is C26H21FN2O3. The van der Waals surface area contributed by atoms with Crippen molar-refractivity contribution in [2.24, 2.45) is 0 Å². The maximum atomic E-state index is 13.9. The number of halogens is 1. The summed E-state index contributed by atoms with van der Waals surface area (Å²) in [6.07, 6.45) is 0.764. The molecule has 5 nitrogen and oxygen atoms in total. The summed E-state index contributed by atoms with van der Waals surface area (Å²) < 4.78 is 19.4. The van der Waals surface area contributed by atoms with Crippen molar-refractivity contribution in [3.8, 4) is 5.75 Å². The molecule has 0 aromatic heterocycles. The molecule has 0 spiro atoms. The molecule has 0 radical (unpaired) electrons. The Morgan fingerprint density at radius 2 is 1.62 bits per heavy atom. The smallest absolute Gasteiger partial charge is 0.282 e. The first-order chi connectivity index (χ1) is 15.6. The molecule has 3 aromatic rings. The third-order valence-corrected chi connectivity index (χ3v) is 5.95. The quantitative estimate of drug-likeness (QED) is 0.585. The van der Waals surface area contributed by atoms with Crippen LogP contribution in [0.2, 0.25) is 0 Å². The second kappa shape index (κ2) is 7.96. The van der Waals surface area contributed by atoms with E-state index in [1.165, 1.54) is 30.9 Å². The van der Waals surface area contributed by atoms with E-state index in [4.69, 9.17) is 4.74 Å². The number of amides is 2. The fraction of sp³-hybridized carbons (Fsp3) is 0.154. The summed E-state index contributed by atoms with van der Waals surface area (Å²) in [6.45, 7) is 1.11. The highest BCUT2D eigenvalue weighted by molar-refractivity contribution is 6.45. The van der Waals surface area contributed by atoms with Gasteiger partial charge in [0, 0.05) is 18.7 Å². The number of methoxy groups -OCH3 is 1. The minimum absolute atomic E-state index is 0.208. The van der Waals surface area contributed by atoms with Crippen molar-refractivity contribution >= 4 is 23.1 Å². The highest BCUT2D eigenvalue weighted by Crippen LogP contribution is 2.39. The van der Waals surface area contributed by atoms with Crippen LogP contribution in [0.5, 0.6) is 5.75 Å². The molecule has 160 valence electrons. The lowest BCUT2D eigenvalue weighted by Gasteiger charge is -2.31. The third-order valence-electron chi connectivity index (χ3n) is 5.95. The Labute approximate surface area is 185 Å².